The van der Waals surface area contributed by atoms with Crippen LogP contribution in [0.5, 0.6) is 5.75 Å². The second-order valence-electron chi connectivity index (χ2n) is 10.2. The highest BCUT2D eigenvalue weighted by Gasteiger charge is 2.52. The number of anilines is 1. The molecular weight excluding hydrogens is 386 g/mol. The molecule has 3 aliphatic carbocycles. The minimum atomic E-state index is -0.952. The highest BCUT2D eigenvalue weighted by molar-refractivity contribution is 5.94. The van der Waals surface area contributed by atoms with Gasteiger partial charge in [-0.3, -0.25) is 4.79 Å². The molecule has 164 valence electrons. The maximum Gasteiger partial charge on any atom is 0.253 e. The van der Waals surface area contributed by atoms with Crippen molar-refractivity contribution in [1.29, 1.82) is 0 Å². The Bertz CT molecular complexity index is 910. The first kappa shape index (κ1) is 20.6. The fraction of sp³-hybridized carbons (Fsp3) is 0.519. The number of nitrogens with one attached hydrogen (secondary N) is 1. The number of ether oxygens (including phenoxy) is 1. The van der Waals surface area contributed by atoms with Crippen molar-refractivity contribution in [3.63, 3.8) is 0 Å². The van der Waals surface area contributed by atoms with Crippen LogP contribution in [0.15, 0.2) is 54.6 Å². The van der Waals surface area contributed by atoms with Crippen LogP contribution < -0.4 is 10.1 Å². The van der Waals surface area contributed by atoms with Crippen LogP contribution in [0.2, 0.25) is 0 Å². The number of carbonyl (C=O) groups is 1. The average Bonchev–Trinajstić information content (AvgIpc) is 2.92. The Hall–Kier alpha value is -2.33. The van der Waals surface area contributed by atoms with Gasteiger partial charge in [0, 0.05) is 11.8 Å². The highest BCUT2D eigenvalue weighted by Crippen LogP contribution is 2.61. The molecule has 2 aromatic rings. The van der Waals surface area contributed by atoms with Gasteiger partial charge in [-0.25, -0.2) is 0 Å². The number of hydrogen-bond donors (Lipinski definition) is 2. The predicted octanol–water partition coefficient (Wildman–Crippen LogP) is 5.56. The molecule has 5 atom stereocenters. The highest BCUT2D eigenvalue weighted by atomic mass is 16.5. The summed E-state index contributed by atoms with van der Waals surface area (Å²) in [5.74, 6) is 2.86. The van der Waals surface area contributed by atoms with Crippen LogP contribution in [0.4, 0.5) is 5.69 Å². The van der Waals surface area contributed by atoms with Gasteiger partial charge >= 0.3 is 0 Å². The zero-order valence-electron chi connectivity index (χ0n) is 18.1. The number of hydrogen-bond acceptors (Lipinski definition) is 3. The van der Waals surface area contributed by atoms with Crippen molar-refractivity contribution in [2.24, 2.45) is 23.2 Å². The van der Waals surface area contributed by atoms with Gasteiger partial charge in [-0.05, 0) is 73.0 Å². The van der Waals surface area contributed by atoms with Gasteiger partial charge in [0.25, 0.3) is 5.91 Å². The van der Waals surface area contributed by atoms with Crippen LogP contribution in [-0.4, -0.2) is 17.1 Å². The summed E-state index contributed by atoms with van der Waals surface area (Å²) in [6, 6.07) is 17.4. The molecule has 2 aromatic carbocycles. The molecule has 0 heterocycles. The van der Waals surface area contributed by atoms with Crippen molar-refractivity contribution in [2.45, 2.75) is 64.1 Å². The van der Waals surface area contributed by atoms with Crippen molar-refractivity contribution < 1.29 is 14.6 Å². The van der Waals surface area contributed by atoms with Crippen LogP contribution in [0, 0.1) is 23.2 Å². The summed E-state index contributed by atoms with van der Waals surface area (Å²) >= 11 is 0. The van der Waals surface area contributed by atoms with Crippen molar-refractivity contribution in [1.82, 2.24) is 0 Å². The van der Waals surface area contributed by atoms with Gasteiger partial charge in [0.2, 0.25) is 0 Å². The van der Waals surface area contributed by atoms with Gasteiger partial charge in [0.1, 0.15) is 18.5 Å². The molecule has 0 aromatic heterocycles. The summed E-state index contributed by atoms with van der Waals surface area (Å²) < 4.78 is 5.86. The lowest BCUT2D eigenvalue weighted by Gasteiger charge is -2.39. The number of rotatable bonds is 7. The molecule has 0 aliphatic heterocycles. The van der Waals surface area contributed by atoms with E-state index in [0.29, 0.717) is 24.5 Å². The summed E-state index contributed by atoms with van der Waals surface area (Å²) in [6.45, 7) is 0.479. The van der Waals surface area contributed by atoms with Gasteiger partial charge in [-0.2, -0.15) is 0 Å². The minimum absolute atomic E-state index is 0.177. The van der Waals surface area contributed by atoms with Gasteiger partial charge in [0.05, 0.1) is 0 Å². The second kappa shape index (κ2) is 8.66. The number of amides is 1. The Balaban J connectivity index is 1.18. The van der Waals surface area contributed by atoms with E-state index in [1.54, 1.807) is 0 Å². The Morgan fingerprint density at radius 3 is 2.77 bits per heavy atom. The van der Waals surface area contributed by atoms with Crippen molar-refractivity contribution >= 4 is 11.6 Å². The quantitative estimate of drug-likeness (QED) is 0.617. The molecule has 2 N–H and O–H groups in total. The first-order chi connectivity index (χ1) is 15.1. The number of aliphatic hydroxyl groups excluding tert-OH is 1. The van der Waals surface area contributed by atoms with Crippen LogP contribution in [0.25, 0.3) is 0 Å². The molecule has 4 heteroatoms. The SMILES string of the molecule is O=C(Nc1cccc(OCc2ccccc2)c1)C(O)CC12CC3CCCC(C1)C(C3)C2. The fourth-order valence-corrected chi connectivity index (χ4v) is 6.70. The second-order valence-corrected chi connectivity index (χ2v) is 10.2. The van der Waals surface area contributed by atoms with E-state index in [2.05, 4.69) is 5.32 Å². The third-order valence-corrected chi connectivity index (χ3v) is 7.88. The fourth-order valence-electron chi connectivity index (χ4n) is 6.70. The van der Waals surface area contributed by atoms with Crippen LogP contribution in [0.3, 0.4) is 0 Å². The minimum Gasteiger partial charge on any atom is -0.489 e. The Morgan fingerprint density at radius 2 is 1.90 bits per heavy atom. The summed E-state index contributed by atoms with van der Waals surface area (Å²) in [6.07, 6.45) is 8.71. The summed E-state index contributed by atoms with van der Waals surface area (Å²) in [5.41, 5.74) is 1.94. The van der Waals surface area contributed by atoms with E-state index in [9.17, 15) is 9.90 Å². The maximum absolute atomic E-state index is 12.8. The van der Waals surface area contributed by atoms with Crippen LogP contribution in [-0.2, 0) is 11.4 Å². The normalized spacial score (nSPS) is 29.9. The molecule has 5 unspecified atom stereocenters. The first-order valence-electron chi connectivity index (χ1n) is 11.8. The first-order valence-corrected chi connectivity index (χ1v) is 11.8. The average molecular weight is 420 g/mol. The van der Waals surface area contributed by atoms with Gasteiger partial charge < -0.3 is 15.2 Å². The summed E-state index contributed by atoms with van der Waals surface area (Å²) in [7, 11) is 0. The van der Waals surface area contributed by atoms with Gasteiger partial charge in [0.15, 0.2) is 0 Å². The number of benzene rings is 2. The molecule has 3 aliphatic rings. The van der Waals surface area contributed by atoms with E-state index >= 15 is 0 Å². The van der Waals surface area contributed by atoms with E-state index in [1.807, 2.05) is 54.6 Å². The maximum atomic E-state index is 12.8. The number of carbonyl (C=O) groups excluding carboxylic acids is 1. The summed E-state index contributed by atoms with van der Waals surface area (Å²) in [4.78, 5) is 12.8. The van der Waals surface area contributed by atoms with Crippen molar-refractivity contribution in [2.75, 3.05) is 5.32 Å². The molecule has 4 nitrogen and oxygen atoms in total. The molecule has 3 fully saturated rings. The van der Waals surface area contributed by atoms with Crippen LogP contribution >= 0.6 is 0 Å². The third kappa shape index (κ3) is 4.64. The molecule has 3 saturated carbocycles. The molecule has 1 amide bonds. The molecule has 3 bridgehead atoms. The summed E-state index contributed by atoms with van der Waals surface area (Å²) in [5, 5.41) is 13.7. The van der Waals surface area contributed by atoms with Crippen molar-refractivity contribution in [3.8, 4) is 5.75 Å². The Morgan fingerprint density at radius 1 is 1.06 bits per heavy atom. The topological polar surface area (TPSA) is 58.6 Å². The molecule has 0 radical (unpaired) electrons. The molecule has 0 spiro atoms. The predicted molar refractivity (Wildman–Crippen MR) is 122 cm³/mol. The van der Waals surface area contributed by atoms with Crippen LogP contribution in [0.1, 0.15) is 56.9 Å². The standard InChI is InChI=1S/C27H33NO3/c29-25(17-27-14-20-8-4-9-21(15-27)22(12-20)16-27)26(30)28-23-10-5-11-24(13-23)31-18-19-6-2-1-3-7-19/h1-3,5-7,10-11,13,20-22,25,29H,4,8-9,12,14-18H2,(H,28,30). The third-order valence-electron chi connectivity index (χ3n) is 7.88. The smallest absolute Gasteiger partial charge is 0.253 e. The lowest BCUT2D eigenvalue weighted by molar-refractivity contribution is -0.126. The zero-order valence-corrected chi connectivity index (χ0v) is 18.1. The van der Waals surface area contributed by atoms with E-state index in [4.69, 9.17) is 4.74 Å². The molecule has 0 saturated heterocycles. The van der Waals surface area contributed by atoms with E-state index in [-0.39, 0.29) is 11.3 Å². The van der Waals surface area contributed by atoms with E-state index in [1.165, 1.54) is 44.9 Å². The van der Waals surface area contributed by atoms with Gasteiger partial charge in [-0.15, -0.1) is 0 Å². The number of fused-ring (bicyclic) bond motifs is 2. The van der Waals surface area contributed by atoms with E-state index < -0.39 is 6.10 Å². The van der Waals surface area contributed by atoms with Gasteiger partial charge in [-0.1, -0.05) is 55.7 Å². The van der Waals surface area contributed by atoms with E-state index in [0.717, 1.165) is 23.3 Å². The molecular formula is C27H33NO3. The monoisotopic (exact) mass is 419 g/mol. The lowest BCUT2D eigenvalue weighted by atomic mass is 9.67. The molecule has 31 heavy (non-hydrogen) atoms. The Kier molecular flexibility index (Phi) is 5.75. The largest absolute Gasteiger partial charge is 0.489 e. The Labute approximate surface area is 185 Å². The number of aliphatic hydroxyl groups is 1. The molecule has 5 rings (SSSR count). The van der Waals surface area contributed by atoms with Crippen molar-refractivity contribution in [3.05, 3.63) is 60.2 Å². The zero-order chi connectivity index (χ0) is 21.3. The lowest BCUT2D eigenvalue weighted by Crippen LogP contribution is -2.36.